The van der Waals surface area contributed by atoms with Crippen molar-refractivity contribution in [3.8, 4) is 0 Å². The Bertz CT molecular complexity index is 407. The Morgan fingerprint density at radius 1 is 1.25 bits per heavy atom. The van der Waals surface area contributed by atoms with Crippen molar-refractivity contribution in [1.82, 2.24) is 5.32 Å². The highest BCUT2D eigenvalue weighted by atomic mass is 16.2. The third-order valence-electron chi connectivity index (χ3n) is 3.15. The summed E-state index contributed by atoms with van der Waals surface area (Å²) >= 11 is 0. The minimum Gasteiger partial charge on any atom is -0.358 e. The van der Waals surface area contributed by atoms with Crippen LogP contribution in [0.25, 0.3) is 0 Å². The fourth-order valence-corrected chi connectivity index (χ4v) is 1.95. The Morgan fingerprint density at radius 3 is 2.38 bits per heavy atom. The zero-order valence-electron chi connectivity index (χ0n) is 9.32. The third-order valence-corrected chi connectivity index (χ3v) is 3.15. The fraction of sp³-hybridized carbons (Fsp3) is 0.385. The van der Waals surface area contributed by atoms with Crippen LogP contribution in [0.15, 0.2) is 30.3 Å². The van der Waals surface area contributed by atoms with Crippen molar-refractivity contribution in [2.75, 3.05) is 7.05 Å². The van der Waals surface area contributed by atoms with Crippen molar-refractivity contribution >= 4 is 11.7 Å². The summed E-state index contributed by atoms with van der Waals surface area (Å²) < 4.78 is 0. The summed E-state index contributed by atoms with van der Waals surface area (Å²) in [5.41, 5.74) is 0.257. The Morgan fingerprint density at radius 2 is 1.88 bits per heavy atom. The molecule has 0 unspecified atom stereocenters. The number of carbonyl (C=O) groups excluding carboxylic acids is 2. The molecule has 1 saturated carbocycles. The van der Waals surface area contributed by atoms with Crippen molar-refractivity contribution < 1.29 is 9.59 Å². The van der Waals surface area contributed by atoms with Gasteiger partial charge in [0.2, 0.25) is 5.91 Å². The van der Waals surface area contributed by atoms with E-state index in [0.29, 0.717) is 19.3 Å². The quantitative estimate of drug-likeness (QED) is 0.773. The van der Waals surface area contributed by atoms with Gasteiger partial charge < -0.3 is 5.32 Å². The van der Waals surface area contributed by atoms with E-state index in [2.05, 4.69) is 5.32 Å². The molecule has 0 aromatic heterocycles. The number of benzene rings is 1. The SMILES string of the molecule is CNC(=O)C1(C(=O)Cc2ccccc2)CC1. The van der Waals surface area contributed by atoms with E-state index in [-0.39, 0.29) is 11.7 Å². The van der Waals surface area contributed by atoms with Crippen LogP contribution >= 0.6 is 0 Å². The first-order chi connectivity index (χ1) is 7.69. The number of amides is 1. The molecule has 1 aliphatic rings. The van der Waals surface area contributed by atoms with Crippen LogP contribution in [0.3, 0.4) is 0 Å². The lowest BCUT2D eigenvalue weighted by Crippen LogP contribution is -2.35. The molecule has 1 N–H and O–H groups in total. The molecule has 0 bridgehead atoms. The smallest absolute Gasteiger partial charge is 0.233 e. The summed E-state index contributed by atoms with van der Waals surface area (Å²) in [5.74, 6) is -0.0912. The summed E-state index contributed by atoms with van der Waals surface area (Å²) in [6.07, 6.45) is 1.74. The lowest BCUT2D eigenvalue weighted by atomic mass is 9.94. The molecule has 1 aromatic carbocycles. The van der Waals surface area contributed by atoms with Crippen LogP contribution in [-0.2, 0) is 16.0 Å². The van der Waals surface area contributed by atoms with Crippen LogP contribution in [-0.4, -0.2) is 18.7 Å². The lowest BCUT2D eigenvalue weighted by Gasteiger charge is -2.11. The molecule has 16 heavy (non-hydrogen) atoms. The topological polar surface area (TPSA) is 46.2 Å². The monoisotopic (exact) mass is 217 g/mol. The molecule has 1 amide bonds. The highest BCUT2D eigenvalue weighted by Gasteiger charge is 2.55. The first kappa shape index (κ1) is 10.9. The fourth-order valence-electron chi connectivity index (χ4n) is 1.95. The Kier molecular flexibility index (Phi) is 2.77. The molecule has 0 aliphatic heterocycles. The minimum absolute atomic E-state index is 0.0399. The second-order valence-electron chi connectivity index (χ2n) is 4.25. The zero-order valence-corrected chi connectivity index (χ0v) is 9.32. The second kappa shape index (κ2) is 4.08. The maximum absolute atomic E-state index is 12.0. The lowest BCUT2D eigenvalue weighted by molar-refractivity contribution is -0.135. The first-order valence-corrected chi connectivity index (χ1v) is 5.48. The van der Waals surface area contributed by atoms with Gasteiger partial charge in [0.1, 0.15) is 5.41 Å². The maximum atomic E-state index is 12.0. The van der Waals surface area contributed by atoms with Gasteiger partial charge in [-0.1, -0.05) is 30.3 Å². The summed E-state index contributed by atoms with van der Waals surface area (Å²) in [6, 6.07) is 9.55. The number of rotatable bonds is 4. The Labute approximate surface area is 94.9 Å². The molecule has 0 saturated heterocycles. The Balaban J connectivity index is 2.07. The maximum Gasteiger partial charge on any atom is 0.233 e. The van der Waals surface area contributed by atoms with E-state index in [1.807, 2.05) is 30.3 Å². The van der Waals surface area contributed by atoms with Crippen molar-refractivity contribution in [2.24, 2.45) is 5.41 Å². The molecule has 2 rings (SSSR count). The summed E-state index contributed by atoms with van der Waals surface area (Å²) in [5, 5.41) is 2.57. The first-order valence-electron chi connectivity index (χ1n) is 5.48. The normalized spacial score (nSPS) is 16.6. The van der Waals surface area contributed by atoms with Crippen LogP contribution in [0, 0.1) is 5.41 Å². The van der Waals surface area contributed by atoms with Gasteiger partial charge in [-0.15, -0.1) is 0 Å². The van der Waals surface area contributed by atoms with Gasteiger partial charge in [-0.2, -0.15) is 0 Å². The zero-order chi connectivity index (χ0) is 11.6. The molecule has 0 spiro atoms. The predicted octanol–water partition coefficient (Wildman–Crippen LogP) is 1.32. The molecular formula is C13H15NO2. The van der Waals surface area contributed by atoms with Gasteiger partial charge >= 0.3 is 0 Å². The predicted molar refractivity (Wildman–Crippen MR) is 60.9 cm³/mol. The molecule has 0 heterocycles. The van der Waals surface area contributed by atoms with E-state index in [4.69, 9.17) is 0 Å². The number of nitrogens with one attached hydrogen (secondary N) is 1. The summed E-state index contributed by atoms with van der Waals surface area (Å²) in [6.45, 7) is 0. The van der Waals surface area contributed by atoms with Gasteiger partial charge in [-0.05, 0) is 18.4 Å². The number of hydrogen-bond donors (Lipinski definition) is 1. The standard InChI is InChI=1S/C13H15NO2/c1-14-12(16)13(7-8-13)11(15)9-10-5-3-2-4-6-10/h2-6H,7-9H2,1H3,(H,14,16). The van der Waals surface area contributed by atoms with Crippen LogP contribution in [0.2, 0.25) is 0 Å². The molecule has 1 aromatic rings. The van der Waals surface area contributed by atoms with Gasteiger partial charge in [0.15, 0.2) is 5.78 Å². The number of Topliss-reactive ketones (excluding diaryl/α,β-unsaturated/α-hetero) is 1. The van der Waals surface area contributed by atoms with E-state index in [1.165, 1.54) is 0 Å². The van der Waals surface area contributed by atoms with E-state index < -0.39 is 5.41 Å². The average molecular weight is 217 g/mol. The molecule has 3 nitrogen and oxygen atoms in total. The molecule has 84 valence electrons. The van der Waals surface area contributed by atoms with Gasteiger partial charge in [0.25, 0.3) is 0 Å². The summed E-state index contributed by atoms with van der Waals surface area (Å²) in [4.78, 5) is 23.6. The van der Waals surface area contributed by atoms with Crippen LogP contribution in [0.1, 0.15) is 18.4 Å². The van der Waals surface area contributed by atoms with E-state index in [9.17, 15) is 9.59 Å². The molecular weight excluding hydrogens is 202 g/mol. The van der Waals surface area contributed by atoms with E-state index in [1.54, 1.807) is 7.05 Å². The Hall–Kier alpha value is -1.64. The third kappa shape index (κ3) is 1.85. The highest BCUT2D eigenvalue weighted by Crippen LogP contribution is 2.47. The van der Waals surface area contributed by atoms with Crippen molar-refractivity contribution in [3.05, 3.63) is 35.9 Å². The summed E-state index contributed by atoms with van der Waals surface area (Å²) in [7, 11) is 1.58. The largest absolute Gasteiger partial charge is 0.358 e. The van der Waals surface area contributed by atoms with Gasteiger partial charge in [-0.3, -0.25) is 9.59 Å². The van der Waals surface area contributed by atoms with Crippen LogP contribution in [0.4, 0.5) is 0 Å². The van der Waals surface area contributed by atoms with E-state index >= 15 is 0 Å². The molecule has 1 fully saturated rings. The van der Waals surface area contributed by atoms with Gasteiger partial charge in [-0.25, -0.2) is 0 Å². The second-order valence-corrected chi connectivity index (χ2v) is 4.25. The number of ketones is 1. The van der Waals surface area contributed by atoms with Gasteiger partial charge in [0.05, 0.1) is 0 Å². The molecule has 0 atom stereocenters. The van der Waals surface area contributed by atoms with Gasteiger partial charge in [0, 0.05) is 13.5 Å². The van der Waals surface area contributed by atoms with Crippen LogP contribution < -0.4 is 5.32 Å². The van der Waals surface area contributed by atoms with Crippen molar-refractivity contribution in [3.63, 3.8) is 0 Å². The highest BCUT2D eigenvalue weighted by molar-refractivity contribution is 6.09. The average Bonchev–Trinajstić information content (AvgIpc) is 3.10. The molecule has 0 radical (unpaired) electrons. The number of carbonyl (C=O) groups is 2. The van der Waals surface area contributed by atoms with Crippen LogP contribution in [0.5, 0.6) is 0 Å². The molecule has 3 heteroatoms. The number of hydrogen-bond acceptors (Lipinski definition) is 2. The van der Waals surface area contributed by atoms with Crippen molar-refractivity contribution in [1.29, 1.82) is 0 Å². The minimum atomic E-state index is -0.718. The van der Waals surface area contributed by atoms with E-state index in [0.717, 1.165) is 5.56 Å². The van der Waals surface area contributed by atoms with Crippen molar-refractivity contribution in [2.45, 2.75) is 19.3 Å². The molecule has 1 aliphatic carbocycles.